The van der Waals surface area contributed by atoms with Gasteiger partial charge >= 0.3 is 0 Å². The third-order valence-corrected chi connectivity index (χ3v) is 6.02. The summed E-state index contributed by atoms with van der Waals surface area (Å²) >= 11 is 0. The molecule has 1 fully saturated rings. The van der Waals surface area contributed by atoms with Crippen LogP contribution in [0, 0.1) is 0 Å². The summed E-state index contributed by atoms with van der Waals surface area (Å²) in [5, 5.41) is 7.13. The number of nitrogens with zero attached hydrogens (tertiary/aromatic N) is 2. The maximum Gasteiger partial charge on any atom is 0.191 e. The van der Waals surface area contributed by atoms with Crippen LogP contribution in [0.2, 0.25) is 0 Å². The van der Waals surface area contributed by atoms with Gasteiger partial charge in [-0.3, -0.25) is 9.89 Å². The Bertz CT molecular complexity index is 798. The molecule has 2 aromatic carbocycles. The number of hydrogen-bond donors (Lipinski definition) is 2. The number of aliphatic imine (C=N–C) groups is 1. The van der Waals surface area contributed by atoms with E-state index in [1.165, 1.54) is 41.5 Å². The summed E-state index contributed by atoms with van der Waals surface area (Å²) in [6.07, 6.45) is 6.10. The lowest BCUT2D eigenvalue weighted by molar-refractivity contribution is 0.198. The Morgan fingerprint density at radius 3 is 2.52 bits per heavy atom. The van der Waals surface area contributed by atoms with Gasteiger partial charge in [-0.25, -0.2) is 0 Å². The first-order valence-electron chi connectivity index (χ1n) is 10.6. The molecule has 156 valence electrons. The molecule has 0 spiro atoms. The van der Waals surface area contributed by atoms with Gasteiger partial charge < -0.3 is 10.6 Å². The van der Waals surface area contributed by atoms with Gasteiger partial charge in [0.2, 0.25) is 0 Å². The second kappa shape index (κ2) is 11.0. The third kappa shape index (κ3) is 6.19. The lowest BCUT2D eigenvalue weighted by atomic mass is 10.0. The Kier molecular flexibility index (Phi) is 8.36. The monoisotopic (exact) mass is 504 g/mol. The van der Waals surface area contributed by atoms with Crippen molar-refractivity contribution in [2.24, 2.45) is 4.99 Å². The Balaban J connectivity index is 0.00000240. The number of hydrogen-bond acceptors (Lipinski definition) is 2. The van der Waals surface area contributed by atoms with Crippen molar-refractivity contribution in [2.75, 3.05) is 20.1 Å². The lowest BCUT2D eigenvalue weighted by Crippen LogP contribution is -2.48. The molecular weight excluding hydrogens is 471 g/mol. The van der Waals surface area contributed by atoms with E-state index in [-0.39, 0.29) is 24.0 Å². The molecule has 1 aliphatic heterocycles. The van der Waals surface area contributed by atoms with E-state index in [4.69, 9.17) is 0 Å². The molecule has 2 N–H and O–H groups in total. The van der Waals surface area contributed by atoms with Gasteiger partial charge in [-0.15, -0.1) is 24.0 Å². The van der Waals surface area contributed by atoms with Gasteiger partial charge in [0.15, 0.2) is 5.96 Å². The quantitative estimate of drug-likeness (QED) is 0.366. The number of likely N-dealkylation sites (tertiary alicyclic amines) is 1. The van der Waals surface area contributed by atoms with Crippen molar-refractivity contribution >= 4 is 29.9 Å². The summed E-state index contributed by atoms with van der Waals surface area (Å²) in [4.78, 5) is 6.99. The molecule has 0 aromatic heterocycles. The molecule has 29 heavy (non-hydrogen) atoms. The summed E-state index contributed by atoms with van der Waals surface area (Å²) in [6, 6.07) is 18.2. The highest BCUT2D eigenvalue weighted by Crippen LogP contribution is 2.22. The fraction of sp³-hybridized carbons (Fsp3) is 0.458. The highest BCUT2D eigenvalue weighted by atomic mass is 127. The van der Waals surface area contributed by atoms with Crippen LogP contribution in [0.1, 0.15) is 41.5 Å². The number of rotatable bonds is 5. The van der Waals surface area contributed by atoms with Crippen LogP contribution >= 0.6 is 24.0 Å². The average Bonchev–Trinajstić information content (AvgIpc) is 3.21. The molecule has 0 amide bonds. The van der Waals surface area contributed by atoms with Crippen molar-refractivity contribution in [3.05, 3.63) is 70.8 Å². The molecular formula is C24H33IN4. The topological polar surface area (TPSA) is 39.7 Å². The van der Waals surface area contributed by atoms with Crippen LogP contribution < -0.4 is 10.6 Å². The highest BCUT2D eigenvalue weighted by molar-refractivity contribution is 14.0. The minimum absolute atomic E-state index is 0. The van der Waals surface area contributed by atoms with E-state index in [2.05, 4.69) is 69.1 Å². The van der Waals surface area contributed by atoms with Gasteiger partial charge in [0.05, 0.1) is 0 Å². The number of piperidine rings is 1. The Hall–Kier alpha value is -1.60. The predicted molar refractivity (Wildman–Crippen MR) is 132 cm³/mol. The van der Waals surface area contributed by atoms with Crippen LogP contribution in [0.4, 0.5) is 0 Å². The summed E-state index contributed by atoms with van der Waals surface area (Å²) in [5.74, 6) is 0.919. The second-order valence-corrected chi connectivity index (χ2v) is 8.06. The Morgan fingerprint density at radius 1 is 1.00 bits per heavy atom. The van der Waals surface area contributed by atoms with Crippen molar-refractivity contribution in [1.82, 2.24) is 15.5 Å². The lowest BCUT2D eigenvalue weighted by Gasteiger charge is -2.33. The van der Waals surface area contributed by atoms with Crippen molar-refractivity contribution in [1.29, 1.82) is 0 Å². The molecule has 0 bridgehead atoms. The van der Waals surface area contributed by atoms with E-state index in [0.717, 1.165) is 45.0 Å². The summed E-state index contributed by atoms with van der Waals surface area (Å²) < 4.78 is 0. The molecule has 0 unspecified atom stereocenters. The molecule has 1 heterocycles. The normalized spacial score (nSPS) is 17.5. The predicted octanol–water partition coefficient (Wildman–Crippen LogP) is 4.12. The van der Waals surface area contributed by atoms with E-state index in [9.17, 15) is 0 Å². The van der Waals surface area contributed by atoms with Crippen LogP contribution in [0.3, 0.4) is 0 Å². The van der Waals surface area contributed by atoms with Crippen LogP contribution in [-0.2, 0) is 25.9 Å². The molecule has 1 saturated heterocycles. The van der Waals surface area contributed by atoms with Crippen LogP contribution in [-0.4, -0.2) is 37.0 Å². The number of aryl methyl sites for hydroxylation is 2. The van der Waals surface area contributed by atoms with Gasteiger partial charge in [0.25, 0.3) is 0 Å². The van der Waals surface area contributed by atoms with Crippen LogP contribution in [0.5, 0.6) is 0 Å². The van der Waals surface area contributed by atoms with Gasteiger partial charge in [-0.2, -0.15) is 0 Å². The zero-order valence-electron chi connectivity index (χ0n) is 17.4. The second-order valence-electron chi connectivity index (χ2n) is 8.06. The van der Waals surface area contributed by atoms with E-state index < -0.39 is 0 Å². The smallest absolute Gasteiger partial charge is 0.191 e. The van der Waals surface area contributed by atoms with Crippen molar-refractivity contribution in [2.45, 2.75) is 51.2 Å². The number of fused-ring (bicyclic) bond motifs is 1. The maximum absolute atomic E-state index is 4.44. The molecule has 1 aliphatic carbocycles. The van der Waals surface area contributed by atoms with Crippen LogP contribution in [0.25, 0.3) is 0 Å². The minimum atomic E-state index is 0. The first kappa shape index (κ1) is 22.1. The standard InChI is InChI=1S/C24H32N4.HI/c1-25-24(26-17-20-10-11-21-8-5-9-22(21)16-20)27-23-12-14-28(15-13-23)18-19-6-3-2-4-7-19;/h2-4,6-7,10-11,16,23H,5,8-9,12-15,17-18H2,1H3,(H2,25,26,27);1H. The zero-order valence-corrected chi connectivity index (χ0v) is 19.7. The number of guanidine groups is 1. The molecule has 4 nitrogen and oxygen atoms in total. The molecule has 2 aromatic rings. The molecule has 5 heteroatoms. The van der Waals surface area contributed by atoms with E-state index >= 15 is 0 Å². The number of nitrogens with one attached hydrogen (secondary N) is 2. The number of halogens is 1. The Morgan fingerprint density at radius 2 is 1.76 bits per heavy atom. The largest absolute Gasteiger partial charge is 0.354 e. The Labute approximate surface area is 192 Å². The molecule has 0 saturated carbocycles. The van der Waals surface area contributed by atoms with Crippen molar-refractivity contribution in [3.63, 3.8) is 0 Å². The van der Waals surface area contributed by atoms with Gasteiger partial charge in [-0.1, -0.05) is 48.5 Å². The fourth-order valence-corrected chi connectivity index (χ4v) is 4.39. The average molecular weight is 504 g/mol. The van der Waals surface area contributed by atoms with Crippen molar-refractivity contribution < 1.29 is 0 Å². The maximum atomic E-state index is 4.44. The summed E-state index contributed by atoms with van der Waals surface area (Å²) in [5.41, 5.74) is 5.82. The first-order chi connectivity index (χ1) is 13.8. The van der Waals surface area contributed by atoms with E-state index in [1.807, 2.05) is 7.05 Å². The van der Waals surface area contributed by atoms with Crippen LogP contribution in [0.15, 0.2) is 53.5 Å². The van der Waals surface area contributed by atoms with Gasteiger partial charge in [0.1, 0.15) is 0 Å². The van der Waals surface area contributed by atoms with Gasteiger partial charge in [0, 0.05) is 39.3 Å². The fourth-order valence-electron chi connectivity index (χ4n) is 4.39. The SMILES string of the molecule is CN=C(NCc1ccc2c(c1)CCC2)NC1CCN(Cc2ccccc2)CC1.I. The van der Waals surface area contributed by atoms with E-state index in [1.54, 1.807) is 0 Å². The van der Waals surface area contributed by atoms with Gasteiger partial charge in [-0.05, 0) is 54.4 Å². The summed E-state index contributed by atoms with van der Waals surface area (Å²) in [6.45, 7) is 4.15. The molecule has 2 aliphatic rings. The minimum Gasteiger partial charge on any atom is -0.354 e. The number of benzene rings is 2. The summed E-state index contributed by atoms with van der Waals surface area (Å²) in [7, 11) is 1.86. The van der Waals surface area contributed by atoms with Crippen molar-refractivity contribution in [3.8, 4) is 0 Å². The van der Waals surface area contributed by atoms with E-state index in [0.29, 0.717) is 6.04 Å². The first-order valence-corrected chi connectivity index (χ1v) is 10.6. The molecule has 0 radical (unpaired) electrons. The molecule has 4 rings (SSSR count). The highest BCUT2D eigenvalue weighted by Gasteiger charge is 2.20. The zero-order chi connectivity index (χ0) is 19.2. The third-order valence-electron chi connectivity index (χ3n) is 6.02. The molecule has 0 atom stereocenters.